The van der Waals surface area contributed by atoms with Crippen LogP contribution in [0.3, 0.4) is 0 Å². The molecule has 1 N–H and O–H groups in total. The molecule has 1 aliphatic rings. The second-order valence-corrected chi connectivity index (χ2v) is 5.49. The normalized spacial score (nSPS) is 19.9. The first-order chi connectivity index (χ1) is 11.4. The fourth-order valence-electron chi connectivity index (χ4n) is 2.62. The molecule has 2 heterocycles. The van der Waals surface area contributed by atoms with Crippen molar-refractivity contribution in [2.45, 2.75) is 19.1 Å². The molecule has 0 saturated heterocycles. The average Bonchev–Trinajstić information content (AvgIpc) is 2.91. The van der Waals surface area contributed by atoms with Gasteiger partial charge in [-0.25, -0.2) is 0 Å². The SMILES string of the molecule is CC1=NN(C(=O)c2ccc([N+](=O)[O-])cc2)[C@@](O)(c2ccncc2)C1. The second kappa shape index (κ2) is 5.82. The minimum Gasteiger partial charge on any atom is -0.365 e. The fraction of sp³-hybridized carbons (Fsp3) is 0.188. The number of pyridine rings is 1. The molecule has 1 atom stereocenters. The quantitative estimate of drug-likeness (QED) is 0.686. The number of nitro benzene ring substituents is 1. The third kappa shape index (κ3) is 2.63. The number of rotatable bonds is 3. The van der Waals surface area contributed by atoms with E-state index in [0.29, 0.717) is 11.3 Å². The number of non-ortho nitro benzene ring substituents is 1. The van der Waals surface area contributed by atoms with E-state index >= 15 is 0 Å². The Morgan fingerprint density at radius 2 is 1.88 bits per heavy atom. The number of carbonyl (C=O) groups excluding carboxylic acids is 1. The van der Waals surface area contributed by atoms with Crippen LogP contribution in [-0.4, -0.2) is 31.6 Å². The van der Waals surface area contributed by atoms with Crippen molar-refractivity contribution in [3.63, 3.8) is 0 Å². The molecule has 1 aromatic heterocycles. The molecule has 0 bridgehead atoms. The molecular weight excluding hydrogens is 312 g/mol. The van der Waals surface area contributed by atoms with Crippen LogP contribution >= 0.6 is 0 Å². The zero-order valence-electron chi connectivity index (χ0n) is 12.8. The minimum absolute atomic E-state index is 0.114. The van der Waals surface area contributed by atoms with Gasteiger partial charge >= 0.3 is 0 Å². The Morgan fingerprint density at radius 3 is 2.46 bits per heavy atom. The molecule has 1 aliphatic heterocycles. The lowest BCUT2D eigenvalue weighted by molar-refractivity contribution is -0.384. The first-order valence-electron chi connectivity index (χ1n) is 7.18. The Labute approximate surface area is 137 Å². The number of hydrogen-bond acceptors (Lipinski definition) is 6. The smallest absolute Gasteiger partial charge is 0.276 e. The molecule has 0 radical (unpaired) electrons. The highest BCUT2D eigenvalue weighted by molar-refractivity contribution is 5.98. The van der Waals surface area contributed by atoms with Gasteiger partial charge in [-0.15, -0.1) is 0 Å². The molecule has 0 spiro atoms. The van der Waals surface area contributed by atoms with Crippen molar-refractivity contribution in [3.05, 3.63) is 70.0 Å². The van der Waals surface area contributed by atoms with E-state index in [1.165, 1.54) is 36.7 Å². The van der Waals surface area contributed by atoms with Gasteiger partial charge in [0, 0.05) is 47.8 Å². The van der Waals surface area contributed by atoms with E-state index in [1.807, 2.05) is 0 Å². The number of hydrazone groups is 1. The van der Waals surface area contributed by atoms with E-state index in [0.717, 1.165) is 5.01 Å². The standard InChI is InChI=1S/C16H14N4O4/c1-11-10-16(22,13-6-8-17-9-7-13)19(18-11)15(21)12-2-4-14(5-3-12)20(23)24/h2-9,22H,10H2,1H3/t16-/m0/s1. The summed E-state index contributed by atoms with van der Waals surface area (Å²) in [6.45, 7) is 1.72. The van der Waals surface area contributed by atoms with E-state index in [4.69, 9.17) is 0 Å². The zero-order chi connectivity index (χ0) is 17.3. The molecule has 1 aromatic carbocycles. The summed E-state index contributed by atoms with van der Waals surface area (Å²) >= 11 is 0. The van der Waals surface area contributed by atoms with Crippen molar-refractivity contribution in [1.29, 1.82) is 0 Å². The van der Waals surface area contributed by atoms with Gasteiger partial charge in [-0.2, -0.15) is 10.1 Å². The van der Waals surface area contributed by atoms with E-state index in [1.54, 1.807) is 19.1 Å². The third-order valence-corrected chi connectivity index (χ3v) is 3.78. The van der Waals surface area contributed by atoms with Gasteiger partial charge in [-0.1, -0.05) is 0 Å². The van der Waals surface area contributed by atoms with Crippen molar-refractivity contribution in [3.8, 4) is 0 Å². The Morgan fingerprint density at radius 1 is 1.25 bits per heavy atom. The Balaban J connectivity index is 1.96. The summed E-state index contributed by atoms with van der Waals surface area (Å²) < 4.78 is 0. The molecule has 0 aliphatic carbocycles. The van der Waals surface area contributed by atoms with Crippen LogP contribution in [0.1, 0.15) is 29.3 Å². The molecule has 8 nitrogen and oxygen atoms in total. The number of nitrogens with zero attached hydrogens (tertiary/aromatic N) is 4. The number of aromatic nitrogens is 1. The lowest BCUT2D eigenvalue weighted by atomic mass is 9.98. The van der Waals surface area contributed by atoms with Gasteiger partial charge in [-0.05, 0) is 31.2 Å². The van der Waals surface area contributed by atoms with Crippen LogP contribution in [0, 0.1) is 10.1 Å². The van der Waals surface area contributed by atoms with Gasteiger partial charge in [0.1, 0.15) is 0 Å². The number of hydrogen-bond donors (Lipinski definition) is 1. The van der Waals surface area contributed by atoms with Crippen LogP contribution in [0.5, 0.6) is 0 Å². The Hall–Kier alpha value is -3.13. The fourth-order valence-corrected chi connectivity index (χ4v) is 2.62. The molecule has 24 heavy (non-hydrogen) atoms. The summed E-state index contributed by atoms with van der Waals surface area (Å²) in [5.41, 5.74) is -0.423. The summed E-state index contributed by atoms with van der Waals surface area (Å²) in [5.74, 6) is -0.541. The molecule has 1 amide bonds. The van der Waals surface area contributed by atoms with E-state index in [-0.39, 0.29) is 17.7 Å². The van der Waals surface area contributed by atoms with Gasteiger partial charge in [0.15, 0.2) is 5.72 Å². The summed E-state index contributed by atoms with van der Waals surface area (Å²) in [4.78, 5) is 26.8. The van der Waals surface area contributed by atoms with Crippen LogP contribution < -0.4 is 0 Å². The molecule has 2 aromatic rings. The molecule has 0 saturated carbocycles. The Kier molecular flexibility index (Phi) is 3.82. The van der Waals surface area contributed by atoms with Crippen LogP contribution in [-0.2, 0) is 5.72 Å². The summed E-state index contributed by atoms with van der Waals surface area (Å²) in [6.07, 6.45) is 3.22. The summed E-state index contributed by atoms with van der Waals surface area (Å²) in [7, 11) is 0. The zero-order valence-corrected chi connectivity index (χ0v) is 12.8. The van der Waals surface area contributed by atoms with Crippen molar-refractivity contribution in [1.82, 2.24) is 9.99 Å². The number of benzene rings is 1. The molecular formula is C16H14N4O4. The monoisotopic (exact) mass is 326 g/mol. The number of amides is 1. The van der Waals surface area contributed by atoms with Crippen molar-refractivity contribution >= 4 is 17.3 Å². The maximum atomic E-state index is 12.7. The lowest BCUT2D eigenvalue weighted by Crippen LogP contribution is -2.43. The predicted molar refractivity (Wildman–Crippen MR) is 85.1 cm³/mol. The van der Waals surface area contributed by atoms with Crippen molar-refractivity contribution in [2.75, 3.05) is 0 Å². The first-order valence-corrected chi connectivity index (χ1v) is 7.18. The van der Waals surface area contributed by atoms with Gasteiger partial charge < -0.3 is 5.11 Å². The lowest BCUT2D eigenvalue weighted by Gasteiger charge is -2.31. The molecule has 3 rings (SSSR count). The second-order valence-electron chi connectivity index (χ2n) is 5.49. The van der Waals surface area contributed by atoms with Crippen molar-refractivity contribution < 1.29 is 14.8 Å². The largest absolute Gasteiger partial charge is 0.365 e. The highest BCUT2D eigenvalue weighted by Gasteiger charge is 2.45. The van der Waals surface area contributed by atoms with Crippen LogP contribution in [0.25, 0.3) is 0 Å². The van der Waals surface area contributed by atoms with E-state index in [9.17, 15) is 20.0 Å². The average molecular weight is 326 g/mol. The number of aliphatic hydroxyl groups is 1. The third-order valence-electron chi connectivity index (χ3n) is 3.78. The van der Waals surface area contributed by atoms with Gasteiger partial charge in [0.05, 0.1) is 4.92 Å². The van der Waals surface area contributed by atoms with Crippen LogP contribution in [0.4, 0.5) is 5.69 Å². The molecule has 0 fully saturated rings. The Bertz CT molecular complexity index is 820. The first kappa shape index (κ1) is 15.8. The number of carbonyl (C=O) groups is 1. The minimum atomic E-state index is -1.61. The topological polar surface area (TPSA) is 109 Å². The number of nitro groups is 1. The van der Waals surface area contributed by atoms with Crippen molar-refractivity contribution in [2.24, 2.45) is 5.10 Å². The van der Waals surface area contributed by atoms with Gasteiger partial charge in [-0.3, -0.25) is 19.9 Å². The molecule has 122 valence electrons. The molecule has 8 heteroatoms. The summed E-state index contributed by atoms with van der Waals surface area (Å²) in [5, 5.41) is 26.9. The highest BCUT2D eigenvalue weighted by Crippen LogP contribution is 2.36. The van der Waals surface area contributed by atoms with Gasteiger partial charge in [0.2, 0.25) is 0 Å². The van der Waals surface area contributed by atoms with E-state index < -0.39 is 16.6 Å². The van der Waals surface area contributed by atoms with Crippen LogP contribution in [0.15, 0.2) is 53.9 Å². The van der Waals surface area contributed by atoms with Crippen LogP contribution in [0.2, 0.25) is 0 Å². The molecule has 0 unspecified atom stereocenters. The van der Waals surface area contributed by atoms with Gasteiger partial charge in [0.25, 0.3) is 11.6 Å². The maximum absolute atomic E-state index is 12.7. The maximum Gasteiger partial charge on any atom is 0.276 e. The van der Waals surface area contributed by atoms with E-state index in [2.05, 4.69) is 10.1 Å². The highest BCUT2D eigenvalue weighted by atomic mass is 16.6. The predicted octanol–water partition coefficient (Wildman–Crippen LogP) is 2.06. The summed E-state index contributed by atoms with van der Waals surface area (Å²) in [6, 6.07) is 8.40.